The summed E-state index contributed by atoms with van der Waals surface area (Å²) in [5, 5.41) is 2.70. The van der Waals surface area contributed by atoms with Crippen molar-refractivity contribution in [1.82, 2.24) is 0 Å². The van der Waals surface area contributed by atoms with E-state index in [9.17, 15) is 22.4 Å². The van der Waals surface area contributed by atoms with Crippen molar-refractivity contribution in [3.8, 4) is 0 Å². The van der Waals surface area contributed by atoms with Crippen molar-refractivity contribution >= 4 is 17.3 Å². The lowest BCUT2D eigenvalue weighted by atomic mass is 10.1. The lowest BCUT2D eigenvalue weighted by Gasteiger charge is -2.14. The molecule has 0 unspecified atom stereocenters. The van der Waals surface area contributed by atoms with Gasteiger partial charge in [-0.1, -0.05) is 6.07 Å². The molecule has 0 aliphatic rings. The number of carbonyl (C=O) groups excluding carboxylic acids is 1. The van der Waals surface area contributed by atoms with Gasteiger partial charge in [-0.05, 0) is 36.4 Å². The Bertz CT molecular complexity index is 698. The Hall–Kier alpha value is -2.57. The molecule has 0 saturated carbocycles. The van der Waals surface area contributed by atoms with Crippen LogP contribution >= 0.6 is 0 Å². The van der Waals surface area contributed by atoms with Gasteiger partial charge in [0.05, 0.1) is 23.9 Å². The van der Waals surface area contributed by atoms with Crippen LogP contribution < -0.4 is 5.32 Å². The van der Waals surface area contributed by atoms with Gasteiger partial charge in [-0.3, -0.25) is 0 Å². The Morgan fingerprint density at radius 1 is 1.14 bits per heavy atom. The van der Waals surface area contributed by atoms with E-state index in [0.717, 1.165) is 25.3 Å². The Morgan fingerprint density at radius 3 is 2.45 bits per heavy atom. The normalized spacial score (nSPS) is 11.1. The van der Waals surface area contributed by atoms with Crippen LogP contribution in [0.15, 0.2) is 42.5 Å². The number of hydrogen-bond acceptors (Lipinski definition) is 3. The van der Waals surface area contributed by atoms with Gasteiger partial charge >= 0.3 is 12.1 Å². The highest BCUT2D eigenvalue weighted by Crippen LogP contribution is 2.33. The molecule has 0 heterocycles. The van der Waals surface area contributed by atoms with E-state index in [1.165, 1.54) is 18.2 Å². The maximum atomic E-state index is 13.1. The molecule has 2 aromatic carbocycles. The predicted octanol–water partition coefficient (Wildman–Crippen LogP) is 4.37. The SMILES string of the molecule is COC(=O)c1cc(C(F)(F)F)ccc1Nc1cccc(F)c1. The van der Waals surface area contributed by atoms with Crippen LogP contribution in [0.3, 0.4) is 0 Å². The zero-order valence-electron chi connectivity index (χ0n) is 11.4. The number of hydrogen-bond donors (Lipinski definition) is 1. The van der Waals surface area contributed by atoms with E-state index >= 15 is 0 Å². The van der Waals surface area contributed by atoms with E-state index in [2.05, 4.69) is 10.1 Å². The molecule has 0 spiro atoms. The van der Waals surface area contributed by atoms with Crippen molar-refractivity contribution in [1.29, 1.82) is 0 Å². The van der Waals surface area contributed by atoms with Crippen LogP contribution in [0.5, 0.6) is 0 Å². The molecule has 0 amide bonds. The van der Waals surface area contributed by atoms with Gasteiger partial charge < -0.3 is 10.1 Å². The van der Waals surface area contributed by atoms with Crippen molar-refractivity contribution in [2.75, 3.05) is 12.4 Å². The number of alkyl halides is 3. The van der Waals surface area contributed by atoms with Gasteiger partial charge in [-0.25, -0.2) is 9.18 Å². The highest BCUT2D eigenvalue weighted by molar-refractivity contribution is 5.96. The lowest BCUT2D eigenvalue weighted by Crippen LogP contribution is -2.11. The Balaban J connectivity index is 2.44. The third kappa shape index (κ3) is 3.55. The standard InChI is InChI=1S/C15H11F4NO2/c1-22-14(21)12-7-9(15(17,18)19)5-6-13(12)20-11-4-2-3-10(16)8-11/h2-8,20H,1H3. The third-order valence-electron chi connectivity index (χ3n) is 2.86. The summed E-state index contributed by atoms with van der Waals surface area (Å²) in [6.45, 7) is 0. The molecule has 0 bridgehead atoms. The van der Waals surface area contributed by atoms with Crippen LogP contribution in [0.4, 0.5) is 28.9 Å². The maximum Gasteiger partial charge on any atom is 0.416 e. The zero-order chi connectivity index (χ0) is 16.3. The second-order valence-corrected chi connectivity index (χ2v) is 4.39. The Kier molecular flexibility index (Phi) is 4.35. The average Bonchev–Trinajstić information content (AvgIpc) is 2.45. The molecule has 2 rings (SSSR count). The number of esters is 1. The number of ether oxygens (including phenoxy) is 1. The Morgan fingerprint density at radius 2 is 1.86 bits per heavy atom. The second kappa shape index (κ2) is 6.05. The smallest absolute Gasteiger partial charge is 0.416 e. The van der Waals surface area contributed by atoms with Gasteiger partial charge in [0.15, 0.2) is 0 Å². The molecule has 1 N–H and O–H groups in total. The summed E-state index contributed by atoms with van der Waals surface area (Å²) < 4.78 is 55.8. The lowest BCUT2D eigenvalue weighted by molar-refractivity contribution is -0.137. The fourth-order valence-electron chi connectivity index (χ4n) is 1.83. The molecule has 2 aromatic rings. The minimum absolute atomic E-state index is 0.0884. The van der Waals surface area contributed by atoms with Crippen LogP contribution in [0.25, 0.3) is 0 Å². The van der Waals surface area contributed by atoms with Gasteiger partial charge in [0.25, 0.3) is 0 Å². The molecule has 0 radical (unpaired) electrons. The Labute approximate surface area is 123 Å². The fraction of sp³-hybridized carbons (Fsp3) is 0.133. The van der Waals surface area contributed by atoms with E-state index in [0.29, 0.717) is 11.8 Å². The van der Waals surface area contributed by atoms with E-state index in [4.69, 9.17) is 0 Å². The first-order valence-electron chi connectivity index (χ1n) is 6.13. The maximum absolute atomic E-state index is 13.1. The number of halogens is 4. The van der Waals surface area contributed by atoms with Gasteiger partial charge in [-0.15, -0.1) is 0 Å². The molecule has 0 atom stereocenters. The van der Waals surface area contributed by atoms with Crippen LogP contribution in [0.2, 0.25) is 0 Å². The summed E-state index contributed by atoms with van der Waals surface area (Å²) in [7, 11) is 1.06. The van der Waals surface area contributed by atoms with Crippen molar-refractivity contribution in [3.05, 3.63) is 59.4 Å². The molecule has 0 saturated heterocycles. The summed E-state index contributed by atoms with van der Waals surface area (Å²) in [5.41, 5.74) is -0.880. The summed E-state index contributed by atoms with van der Waals surface area (Å²) in [6.07, 6.45) is -4.58. The molecule has 0 aromatic heterocycles. The number of nitrogens with one attached hydrogen (secondary N) is 1. The molecule has 0 aliphatic heterocycles. The van der Waals surface area contributed by atoms with Crippen LogP contribution in [0, 0.1) is 5.82 Å². The summed E-state index contributed by atoms with van der Waals surface area (Å²) in [4.78, 5) is 11.7. The quantitative estimate of drug-likeness (QED) is 0.675. The van der Waals surface area contributed by atoms with Crippen molar-refractivity contribution < 1.29 is 27.1 Å². The van der Waals surface area contributed by atoms with Gasteiger partial charge in [0.1, 0.15) is 5.82 Å². The van der Waals surface area contributed by atoms with Gasteiger partial charge in [-0.2, -0.15) is 13.2 Å². The molecule has 116 valence electrons. The van der Waals surface area contributed by atoms with Crippen LogP contribution in [-0.2, 0) is 10.9 Å². The van der Waals surface area contributed by atoms with E-state index in [1.54, 1.807) is 0 Å². The minimum Gasteiger partial charge on any atom is -0.465 e. The van der Waals surface area contributed by atoms with Crippen molar-refractivity contribution in [3.63, 3.8) is 0 Å². The summed E-state index contributed by atoms with van der Waals surface area (Å²) >= 11 is 0. The van der Waals surface area contributed by atoms with Crippen LogP contribution in [-0.4, -0.2) is 13.1 Å². The molecule has 0 fully saturated rings. The van der Waals surface area contributed by atoms with E-state index < -0.39 is 23.5 Å². The highest BCUT2D eigenvalue weighted by Gasteiger charge is 2.32. The number of methoxy groups -OCH3 is 1. The van der Waals surface area contributed by atoms with Gasteiger partial charge in [0, 0.05) is 5.69 Å². The predicted molar refractivity (Wildman–Crippen MR) is 72.5 cm³/mol. The molecule has 0 aliphatic carbocycles. The fourth-order valence-corrected chi connectivity index (χ4v) is 1.83. The molecular weight excluding hydrogens is 302 g/mol. The number of carbonyl (C=O) groups is 1. The monoisotopic (exact) mass is 313 g/mol. The second-order valence-electron chi connectivity index (χ2n) is 4.39. The van der Waals surface area contributed by atoms with E-state index in [1.807, 2.05) is 0 Å². The summed E-state index contributed by atoms with van der Waals surface area (Å²) in [5.74, 6) is -1.44. The molecule has 7 heteroatoms. The highest BCUT2D eigenvalue weighted by atomic mass is 19.4. The van der Waals surface area contributed by atoms with Crippen molar-refractivity contribution in [2.45, 2.75) is 6.18 Å². The zero-order valence-corrected chi connectivity index (χ0v) is 11.4. The van der Waals surface area contributed by atoms with Crippen LogP contribution in [0.1, 0.15) is 15.9 Å². The molecule has 22 heavy (non-hydrogen) atoms. The first-order valence-corrected chi connectivity index (χ1v) is 6.13. The number of anilines is 2. The largest absolute Gasteiger partial charge is 0.465 e. The van der Waals surface area contributed by atoms with Gasteiger partial charge in [0.2, 0.25) is 0 Å². The number of benzene rings is 2. The topological polar surface area (TPSA) is 38.3 Å². The molecule has 3 nitrogen and oxygen atoms in total. The van der Waals surface area contributed by atoms with E-state index in [-0.39, 0.29) is 11.3 Å². The minimum atomic E-state index is -4.58. The number of rotatable bonds is 3. The van der Waals surface area contributed by atoms with Crippen molar-refractivity contribution in [2.24, 2.45) is 0 Å². The summed E-state index contributed by atoms with van der Waals surface area (Å²) in [6, 6.07) is 7.93. The molecular formula is C15H11F4NO2. The third-order valence-corrected chi connectivity index (χ3v) is 2.86. The average molecular weight is 313 g/mol. The first-order chi connectivity index (χ1) is 10.3. The first kappa shape index (κ1) is 15.8.